The van der Waals surface area contributed by atoms with Crippen LogP contribution < -0.4 is 5.32 Å². The third-order valence-electron chi connectivity index (χ3n) is 3.48. The van der Waals surface area contributed by atoms with Gasteiger partial charge in [0.25, 0.3) is 5.22 Å². The molecule has 17 heavy (non-hydrogen) atoms. The van der Waals surface area contributed by atoms with Gasteiger partial charge in [0.15, 0.2) is 0 Å². The first-order chi connectivity index (χ1) is 8.29. The van der Waals surface area contributed by atoms with Gasteiger partial charge in [-0.2, -0.15) is 0 Å². The van der Waals surface area contributed by atoms with Crippen LogP contribution in [0.4, 0.5) is 0 Å². The molecular formula is C12H21N3OS. The summed E-state index contributed by atoms with van der Waals surface area (Å²) in [5.74, 6) is 2.47. The van der Waals surface area contributed by atoms with Gasteiger partial charge >= 0.3 is 0 Å². The Morgan fingerprint density at radius 1 is 1.35 bits per heavy atom. The Hall–Kier alpha value is -0.550. The highest BCUT2D eigenvalue weighted by Crippen LogP contribution is 2.29. The zero-order valence-electron chi connectivity index (χ0n) is 10.6. The fraction of sp³-hybridized carbons (Fsp3) is 0.833. The van der Waals surface area contributed by atoms with Gasteiger partial charge in [-0.15, -0.1) is 10.2 Å². The largest absolute Gasteiger partial charge is 0.416 e. The molecule has 1 atom stereocenters. The predicted molar refractivity (Wildman–Crippen MR) is 69.2 cm³/mol. The van der Waals surface area contributed by atoms with E-state index in [-0.39, 0.29) is 0 Å². The summed E-state index contributed by atoms with van der Waals surface area (Å²) in [6.45, 7) is 1.83. The summed E-state index contributed by atoms with van der Waals surface area (Å²) in [5.41, 5.74) is 0. The number of hydrogen-bond donors (Lipinski definition) is 1. The molecule has 0 radical (unpaired) electrons. The van der Waals surface area contributed by atoms with Crippen LogP contribution in [-0.2, 0) is 0 Å². The summed E-state index contributed by atoms with van der Waals surface area (Å²) in [7, 11) is 2.05. The molecule has 0 aromatic carbocycles. The molecule has 1 aromatic heterocycles. The molecule has 1 saturated carbocycles. The van der Waals surface area contributed by atoms with Crippen LogP contribution >= 0.6 is 11.8 Å². The zero-order chi connectivity index (χ0) is 12.1. The van der Waals surface area contributed by atoms with E-state index in [1.807, 2.05) is 6.92 Å². The van der Waals surface area contributed by atoms with Crippen molar-refractivity contribution < 1.29 is 4.42 Å². The van der Waals surface area contributed by atoms with Gasteiger partial charge in [0, 0.05) is 18.7 Å². The molecule has 1 heterocycles. The molecule has 96 valence electrons. The number of rotatable bonds is 5. The van der Waals surface area contributed by atoms with Crippen LogP contribution in [0.1, 0.15) is 38.0 Å². The highest BCUT2D eigenvalue weighted by molar-refractivity contribution is 7.99. The van der Waals surface area contributed by atoms with E-state index >= 15 is 0 Å². The average Bonchev–Trinajstić information content (AvgIpc) is 2.77. The van der Waals surface area contributed by atoms with Crippen LogP contribution in [0.5, 0.6) is 0 Å². The Morgan fingerprint density at radius 2 is 2.12 bits per heavy atom. The molecule has 5 heteroatoms. The average molecular weight is 255 g/mol. The Labute approximate surface area is 107 Å². The number of nitrogens with zero attached hydrogens (tertiary/aromatic N) is 2. The highest BCUT2D eigenvalue weighted by Gasteiger charge is 2.23. The number of hydrogen-bond acceptors (Lipinski definition) is 5. The molecule has 1 aliphatic carbocycles. The molecule has 0 amide bonds. The van der Waals surface area contributed by atoms with Gasteiger partial charge in [0.05, 0.1) is 0 Å². The van der Waals surface area contributed by atoms with E-state index in [9.17, 15) is 0 Å². The minimum Gasteiger partial charge on any atom is -0.416 e. The van der Waals surface area contributed by atoms with Crippen molar-refractivity contribution >= 4 is 11.8 Å². The van der Waals surface area contributed by atoms with Crippen molar-refractivity contribution in [2.75, 3.05) is 12.8 Å². The lowest BCUT2D eigenvalue weighted by atomic mass is 9.84. The minimum atomic E-state index is 0.563. The number of aryl methyl sites for hydroxylation is 1. The molecule has 1 aliphatic rings. The third-order valence-corrected chi connectivity index (χ3v) is 4.42. The highest BCUT2D eigenvalue weighted by atomic mass is 32.2. The van der Waals surface area contributed by atoms with E-state index in [4.69, 9.17) is 4.42 Å². The Morgan fingerprint density at radius 3 is 2.71 bits per heavy atom. The standard InChI is InChI=1S/C12H21N3OS/c1-9-14-15-12(16-9)17-8-11(13-2)10-6-4-3-5-7-10/h10-11,13H,3-8H2,1-2H3. The predicted octanol–water partition coefficient (Wildman–Crippen LogP) is 2.64. The van der Waals surface area contributed by atoms with E-state index in [0.717, 1.165) is 11.7 Å². The summed E-state index contributed by atoms with van der Waals surface area (Å²) in [6.07, 6.45) is 6.88. The molecule has 1 unspecified atom stereocenters. The summed E-state index contributed by atoms with van der Waals surface area (Å²) in [4.78, 5) is 0. The van der Waals surface area contributed by atoms with Crippen molar-refractivity contribution in [2.24, 2.45) is 5.92 Å². The van der Waals surface area contributed by atoms with Crippen molar-refractivity contribution in [3.63, 3.8) is 0 Å². The number of aromatic nitrogens is 2. The van der Waals surface area contributed by atoms with Gasteiger partial charge < -0.3 is 9.73 Å². The molecule has 0 saturated heterocycles. The van der Waals surface area contributed by atoms with Crippen LogP contribution in [0.2, 0.25) is 0 Å². The van der Waals surface area contributed by atoms with E-state index < -0.39 is 0 Å². The fourth-order valence-electron chi connectivity index (χ4n) is 2.49. The monoisotopic (exact) mass is 255 g/mol. The first-order valence-electron chi connectivity index (χ1n) is 6.40. The topological polar surface area (TPSA) is 51.0 Å². The first-order valence-corrected chi connectivity index (χ1v) is 7.38. The summed E-state index contributed by atoms with van der Waals surface area (Å²) in [6, 6.07) is 0.563. The molecule has 0 spiro atoms. The summed E-state index contributed by atoms with van der Waals surface area (Å²) >= 11 is 1.66. The van der Waals surface area contributed by atoms with E-state index in [0.29, 0.717) is 17.2 Å². The maximum Gasteiger partial charge on any atom is 0.276 e. The van der Waals surface area contributed by atoms with Gasteiger partial charge in [-0.25, -0.2) is 0 Å². The van der Waals surface area contributed by atoms with Crippen LogP contribution in [0.25, 0.3) is 0 Å². The SMILES string of the molecule is CNC(CSc1nnc(C)o1)C1CCCCC1. The lowest BCUT2D eigenvalue weighted by molar-refractivity contribution is 0.294. The van der Waals surface area contributed by atoms with Crippen molar-refractivity contribution in [3.05, 3.63) is 5.89 Å². The van der Waals surface area contributed by atoms with Gasteiger partial charge in [-0.05, 0) is 25.8 Å². The van der Waals surface area contributed by atoms with Gasteiger partial charge in [0.1, 0.15) is 0 Å². The number of thioether (sulfide) groups is 1. The van der Waals surface area contributed by atoms with Crippen molar-refractivity contribution in [1.82, 2.24) is 15.5 Å². The molecular weight excluding hydrogens is 234 g/mol. The molecule has 1 aromatic rings. The molecule has 4 nitrogen and oxygen atoms in total. The van der Waals surface area contributed by atoms with Gasteiger partial charge in [0.2, 0.25) is 5.89 Å². The molecule has 0 aliphatic heterocycles. The van der Waals surface area contributed by atoms with E-state index in [2.05, 4.69) is 22.6 Å². The Kier molecular flexibility index (Phi) is 4.86. The van der Waals surface area contributed by atoms with Crippen LogP contribution in [0.3, 0.4) is 0 Å². The summed E-state index contributed by atoms with van der Waals surface area (Å²) in [5, 5.41) is 12.0. The second-order valence-corrected chi connectivity index (χ2v) is 5.66. The maximum atomic E-state index is 5.38. The molecule has 1 fully saturated rings. The summed E-state index contributed by atoms with van der Waals surface area (Å²) < 4.78 is 5.38. The minimum absolute atomic E-state index is 0.563. The lowest BCUT2D eigenvalue weighted by Gasteiger charge is -2.29. The van der Waals surface area contributed by atoms with E-state index in [1.165, 1.54) is 32.1 Å². The lowest BCUT2D eigenvalue weighted by Crippen LogP contribution is -2.36. The Balaban J connectivity index is 1.82. The van der Waals surface area contributed by atoms with Crippen molar-refractivity contribution in [3.8, 4) is 0 Å². The van der Waals surface area contributed by atoms with Gasteiger partial charge in [-0.1, -0.05) is 31.0 Å². The molecule has 0 bridgehead atoms. The van der Waals surface area contributed by atoms with Gasteiger partial charge in [-0.3, -0.25) is 0 Å². The molecule has 1 N–H and O–H groups in total. The molecule has 2 rings (SSSR count). The third kappa shape index (κ3) is 3.71. The van der Waals surface area contributed by atoms with E-state index in [1.54, 1.807) is 11.8 Å². The normalized spacial score (nSPS) is 19.4. The fourth-order valence-corrected chi connectivity index (χ4v) is 3.53. The van der Waals surface area contributed by atoms with Crippen LogP contribution in [0.15, 0.2) is 9.64 Å². The smallest absolute Gasteiger partial charge is 0.276 e. The van der Waals surface area contributed by atoms with Crippen molar-refractivity contribution in [1.29, 1.82) is 0 Å². The van der Waals surface area contributed by atoms with Crippen LogP contribution in [-0.4, -0.2) is 29.0 Å². The quantitative estimate of drug-likeness (QED) is 0.820. The maximum absolute atomic E-state index is 5.38. The van der Waals surface area contributed by atoms with Crippen LogP contribution in [0, 0.1) is 12.8 Å². The first kappa shape index (κ1) is 12.9. The second kappa shape index (κ2) is 6.40. The van der Waals surface area contributed by atoms with Crippen molar-refractivity contribution in [2.45, 2.75) is 50.3 Å². The zero-order valence-corrected chi connectivity index (χ0v) is 11.4. The second-order valence-electron chi connectivity index (χ2n) is 4.69. The number of nitrogens with one attached hydrogen (secondary N) is 1. The Bertz CT molecular complexity index is 336.